The monoisotopic (exact) mass is 432 g/mol. The van der Waals surface area contributed by atoms with Crippen molar-refractivity contribution in [2.75, 3.05) is 0 Å². The van der Waals surface area contributed by atoms with Crippen molar-refractivity contribution >= 4 is 28.7 Å². The van der Waals surface area contributed by atoms with E-state index in [0.29, 0.717) is 0 Å². The molecular weight excluding hydrogens is 399 g/mol. The first-order valence-electron chi connectivity index (χ1n) is 11.6. The molecule has 0 aliphatic heterocycles. The first-order valence-corrected chi connectivity index (χ1v) is 13.8. The molecule has 0 saturated heterocycles. The summed E-state index contributed by atoms with van der Waals surface area (Å²) in [7, 11) is 0. The molecule has 0 N–H and O–H groups in total. The van der Waals surface area contributed by atoms with Crippen LogP contribution in [0.1, 0.15) is 51.9 Å². The molecule has 162 valence electrons. The number of carbonyl (C=O) groups is 1. The molecule has 3 aromatic carbocycles. The van der Waals surface area contributed by atoms with Crippen molar-refractivity contribution in [3.63, 3.8) is 0 Å². The number of benzene rings is 3. The van der Waals surface area contributed by atoms with Gasteiger partial charge in [0.05, 0.1) is 0 Å². The molecule has 0 heterocycles. The number of hydrogen-bond acceptors (Lipinski definition) is 2. The summed E-state index contributed by atoms with van der Waals surface area (Å²) in [6.45, 7) is -1.99. The Labute approximate surface area is 186 Å². The molecule has 0 spiro atoms. The standard InChI is InChI=1S/C28H33O2P/c1-24(29)30-31(26-18-10-5-11-19-26,27-20-12-6-13-21-27,28-22-14-7-15-23-28)25-16-8-3-2-4-9-17-25/h5-7,10-15,18-23,25H,2-4,8-9,16-17H2,1H3. The zero-order valence-corrected chi connectivity index (χ0v) is 19.3. The molecular formula is C28H33O2P. The minimum absolute atomic E-state index is 0.198. The van der Waals surface area contributed by atoms with Gasteiger partial charge in [0.1, 0.15) is 0 Å². The van der Waals surface area contributed by atoms with Crippen LogP contribution >= 0.6 is 6.83 Å². The van der Waals surface area contributed by atoms with E-state index in [1.165, 1.54) is 32.1 Å². The first-order chi connectivity index (χ1) is 15.2. The van der Waals surface area contributed by atoms with Crippen molar-refractivity contribution in [2.24, 2.45) is 0 Å². The van der Waals surface area contributed by atoms with Gasteiger partial charge in [-0.25, -0.2) is 0 Å². The molecule has 1 aliphatic rings. The first kappa shape index (κ1) is 21.8. The third-order valence-corrected chi connectivity index (χ3v) is 13.4. The van der Waals surface area contributed by atoms with E-state index in [1.54, 1.807) is 6.92 Å². The average molecular weight is 433 g/mol. The van der Waals surface area contributed by atoms with Crippen molar-refractivity contribution in [1.82, 2.24) is 0 Å². The van der Waals surface area contributed by atoms with Gasteiger partial charge in [-0.05, 0) is 0 Å². The summed E-state index contributed by atoms with van der Waals surface area (Å²) < 4.78 is 6.91. The van der Waals surface area contributed by atoms with Gasteiger partial charge in [0.2, 0.25) is 0 Å². The second-order valence-corrected chi connectivity index (χ2v) is 13.4. The Morgan fingerprint density at radius 2 is 1.00 bits per heavy atom. The summed E-state index contributed by atoms with van der Waals surface area (Å²) in [6, 6.07) is 31.9. The van der Waals surface area contributed by atoms with E-state index in [0.717, 1.165) is 28.8 Å². The third kappa shape index (κ3) is 3.72. The van der Waals surface area contributed by atoms with E-state index in [-0.39, 0.29) is 11.6 Å². The van der Waals surface area contributed by atoms with Gasteiger partial charge >= 0.3 is 187 Å². The molecule has 1 saturated carbocycles. The summed E-state index contributed by atoms with van der Waals surface area (Å²) in [5.41, 5.74) is 0.266. The van der Waals surface area contributed by atoms with E-state index in [2.05, 4.69) is 91.0 Å². The summed E-state index contributed by atoms with van der Waals surface area (Å²) in [6.07, 6.45) is 8.31. The van der Waals surface area contributed by atoms with Crippen LogP contribution in [0.3, 0.4) is 0 Å². The normalized spacial score (nSPS) is 17.0. The predicted molar refractivity (Wildman–Crippen MR) is 133 cm³/mol. The van der Waals surface area contributed by atoms with Crippen molar-refractivity contribution in [2.45, 2.75) is 57.5 Å². The maximum atomic E-state index is 13.0. The van der Waals surface area contributed by atoms with Gasteiger partial charge in [-0.1, -0.05) is 0 Å². The number of rotatable bonds is 5. The van der Waals surface area contributed by atoms with E-state index in [1.807, 2.05) is 0 Å². The van der Waals surface area contributed by atoms with Gasteiger partial charge in [-0.15, -0.1) is 0 Å². The summed E-state index contributed by atoms with van der Waals surface area (Å²) >= 11 is 0. The molecule has 0 aromatic heterocycles. The molecule has 2 nitrogen and oxygen atoms in total. The molecule has 0 atom stereocenters. The van der Waals surface area contributed by atoms with Crippen LogP contribution in [0, 0.1) is 0 Å². The molecule has 4 rings (SSSR count). The van der Waals surface area contributed by atoms with Gasteiger partial charge in [-0.3, -0.25) is 0 Å². The van der Waals surface area contributed by atoms with Gasteiger partial charge in [-0.2, -0.15) is 0 Å². The number of carbonyl (C=O) groups excluding carboxylic acids is 1. The van der Waals surface area contributed by atoms with Crippen LogP contribution in [0.25, 0.3) is 0 Å². The molecule has 3 aromatic rings. The van der Waals surface area contributed by atoms with Crippen LogP contribution in [0.15, 0.2) is 91.0 Å². The van der Waals surface area contributed by atoms with E-state index >= 15 is 0 Å². The molecule has 0 bridgehead atoms. The van der Waals surface area contributed by atoms with E-state index < -0.39 is 6.83 Å². The summed E-state index contributed by atoms with van der Waals surface area (Å²) in [5, 5.41) is 3.48. The fourth-order valence-electron chi connectivity index (χ4n) is 5.68. The molecule has 1 fully saturated rings. The Morgan fingerprint density at radius 1 is 0.645 bits per heavy atom. The average Bonchev–Trinajstić information content (AvgIpc) is 2.79. The third-order valence-electron chi connectivity index (χ3n) is 6.90. The molecule has 3 heteroatoms. The summed E-state index contributed by atoms with van der Waals surface area (Å²) in [5.74, 6) is -0.198. The second kappa shape index (κ2) is 9.37. The topological polar surface area (TPSA) is 26.3 Å². The van der Waals surface area contributed by atoms with Crippen molar-refractivity contribution in [3.8, 4) is 0 Å². The van der Waals surface area contributed by atoms with Crippen LogP contribution in [-0.2, 0) is 9.32 Å². The van der Waals surface area contributed by atoms with Crippen LogP contribution in [0.2, 0.25) is 0 Å². The summed E-state index contributed by atoms with van der Waals surface area (Å²) in [4.78, 5) is 13.0. The SMILES string of the molecule is CC(=O)OP(c1ccccc1)(c1ccccc1)(c1ccccc1)C1CCCCCCC1. The molecule has 0 radical (unpaired) electrons. The molecule has 1 aliphatic carbocycles. The molecule has 0 unspecified atom stereocenters. The Balaban J connectivity index is 2.16. The zero-order valence-electron chi connectivity index (χ0n) is 18.5. The maximum absolute atomic E-state index is 13.0. The zero-order chi connectivity index (χ0) is 21.6. The Kier molecular flexibility index (Phi) is 6.58. The Morgan fingerprint density at radius 3 is 1.35 bits per heavy atom. The number of hydrogen-bond donors (Lipinski definition) is 0. The van der Waals surface area contributed by atoms with Crippen molar-refractivity contribution in [3.05, 3.63) is 91.0 Å². The van der Waals surface area contributed by atoms with Crippen LogP contribution in [0.5, 0.6) is 0 Å². The van der Waals surface area contributed by atoms with Gasteiger partial charge in [0.15, 0.2) is 0 Å². The fourth-order valence-corrected chi connectivity index (χ4v) is 12.5. The van der Waals surface area contributed by atoms with E-state index in [9.17, 15) is 4.79 Å². The van der Waals surface area contributed by atoms with Crippen molar-refractivity contribution in [1.29, 1.82) is 0 Å². The van der Waals surface area contributed by atoms with Gasteiger partial charge in [0.25, 0.3) is 0 Å². The Bertz CT molecular complexity index is 878. The molecule has 0 amide bonds. The quantitative estimate of drug-likeness (QED) is 0.455. The minimum atomic E-state index is -3.57. The molecule has 31 heavy (non-hydrogen) atoms. The van der Waals surface area contributed by atoms with Gasteiger partial charge in [0, 0.05) is 0 Å². The second-order valence-electron chi connectivity index (χ2n) is 8.69. The Hall–Kier alpha value is -2.44. The van der Waals surface area contributed by atoms with Gasteiger partial charge < -0.3 is 0 Å². The van der Waals surface area contributed by atoms with Crippen LogP contribution < -0.4 is 15.9 Å². The van der Waals surface area contributed by atoms with E-state index in [4.69, 9.17) is 4.52 Å². The van der Waals surface area contributed by atoms with Crippen LogP contribution in [0.4, 0.5) is 0 Å². The predicted octanol–water partition coefficient (Wildman–Crippen LogP) is 6.11. The van der Waals surface area contributed by atoms with Crippen LogP contribution in [-0.4, -0.2) is 11.6 Å². The van der Waals surface area contributed by atoms with Crippen molar-refractivity contribution < 1.29 is 9.32 Å². The fraction of sp³-hybridized carbons (Fsp3) is 0.321.